The zero-order chi connectivity index (χ0) is 16.7. The highest BCUT2D eigenvalue weighted by Crippen LogP contribution is 2.39. The second-order valence-electron chi connectivity index (χ2n) is 5.42. The molecule has 0 saturated carbocycles. The van der Waals surface area contributed by atoms with E-state index in [4.69, 9.17) is 4.42 Å². The van der Waals surface area contributed by atoms with Gasteiger partial charge in [-0.1, -0.05) is 0 Å². The molecule has 24 heavy (non-hydrogen) atoms. The summed E-state index contributed by atoms with van der Waals surface area (Å²) in [7, 11) is 1.54. The normalized spacial score (nSPS) is 16.5. The van der Waals surface area contributed by atoms with Crippen molar-refractivity contribution in [3.8, 4) is 11.5 Å². The average molecular weight is 326 g/mol. The molecule has 2 amide bonds. The van der Waals surface area contributed by atoms with Crippen molar-refractivity contribution in [2.75, 3.05) is 12.4 Å². The summed E-state index contributed by atoms with van der Waals surface area (Å²) in [6.45, 7) is 0. The van der Waals surface area contributed by atoms with E-state index in [0.29, 0.717) is 28.6 Å². The third-order valence-electron chi connectivity index (χ3n) is 3.99. The van der Waals surface area contributed by atoms with Crippen LogP contribution in [0.2, 0.25) is 0 Å². The van der Waals surface area contributed by atoms with Crippen LogP contribution in [-0.4, -0.2) is 39.3 Å². The monoisotopic (exact) mass is 326 g/mol. The molecule has 9 nitrogen and oxygen atoms in total. The summed E-state index contributed by atoms with van der Waals surface area (Å²) in [5.74, 6) is 0.681. The molecule has 1 aliphatic heterocycles. The molecule has 0 fully saturated rings. The summed E-state index contributed by atoms with van der Waals surface area (Å²) in [5.41, 5.74) is 1.68. The maximum Gasteiger partial charge on any atom is 0.269 e. The molecule has 0 unspecified atom stereocenters. The molecule has 9 heteroatoms. The van der Waals surface area contributed by atoms with Gasteiger partial charge in [-0.25, -0.2) is 0 Å². The molecule has 122 valence electrons. The number of hydrogen-bond acceptors (Lipinski definition) is 5. The number of carbonyl (C=O) groups excluding carboxylic acids is 2. The second kappa shape index (κ2) is 5.37. The van der Waals surface area contributed by atoms with E-state index in [1.807, 2.05) is 0 Å². The molecule has 0 aromatic carbocycles. The SMILES string of the molecule is CNC(=O)c1[nH]nc2c1[C@@H](c1ccc(-c3ccn[nH]3)o1)CC(=O)N2. The van der Waals surface area contributed by atoms with Crippen LogP contribution in [0.1, 0.15) is 34.2 Å². The first-order valence-electron chi connectivity index (χ1n) is 7.37. The number of H-pyrrole nitrogens is 2. The maximum atomic E-state index is 12.1. The van der Waals surface area contributed by atoms with Gasteiger partial charge in [-0.05, 0) is 18.2 Å². The van der Waals surface area contributed by atoms with Gasteiger partial charge < -0.3 is 15.1 Å². The molecule has 3 aromatic heterocycles. The quantitative estimate of drug-likeness (QED) is 0.575. The smallest absolute Gasteiger partial charge is 0.269 e. The third-order valence-corrected chi connectivity index (χ3v) is 3.99. The average Bonchev–Trinajstić information content (AvgIpc) is 3.31. The lowest BCUT2D eigenvalue weighted by atomic mass is 9.89. The number of amides is 2. The molecule has 4 N–H and O–H groups in total. The number of hydrogen-bond donors (Lipinski definition) is 4. The van der Waals surface area contributed by atoms with Crippen LogP contribution in [0.4, 0.5) is 5.82 Å². The van der Waals surface area contributed by atoms with Crippen molar-refractivity contribution in [1.29, 1.82) is 0 Å². The van der Waals surface area contributed by atoms with E-state index in [1.165, 1.54) is 7.05 Å². The molecular weight excluding hydrogens is 312 g/mol. The summed E-state index contributed by atoms with van der Waals surface area (Å²) < 4.78 is 5.89. The number of carbonyl (C=O) groups is 2. The summed E-state index contributed by atoms with van der Waals surface area (Å²) in [5, 5.41) is 18.7. The van der Waals surface area contributed by atoms with Crippen LogP contribution in [-0.2, 0) is 4.79 Å². The van der Waals surface area contributed by atoms with E-state index in [1.54, 1.807) is 24.4 Å². The topological polar surface area (TPSA) is 129 Å². The van der Waals surface area contributed by atoms with Gasteiger partial charge in [0.15, 0.2) is 11.6 Å². The lowest BCUT2D eigenvalue weighted by Gasteiger charge is -2.20. The molecule has 0 bridgehead atoms. The van der Waals surface area contributed by atoms with Gasteiger partial charge in [0.1, 0.15) is 17.1 Å². The molecule has 0 saturated heterocycles. The summed E-state index contributed by atoms with van der Waals surface area (Å²) in [6.07, 6.45) is 1.80. The van der Waals surface area contributed by atoms with Crippen LogP contribution in [0.25, 0.3) is 11.5 Å². The highest BCUT2D eigenvalue weighted by Gasteiger charge is 2.35. The highest BCUT2D eigenvalue weighted by molar-refractivity contribution is 6.00. The Bertz CT molecular complexity index is 908. The Balaban J connectivity index is 1.78. The van der Waals surface area contributed by atoms with Gasteiger partial charge in [-0.3, -0.25) is 19.8 Å². The standard InChI is InChI=1S/C15H14N6O3/c1-16-15(23)13-12-7(6-11(22)18-14(12)21-20-13)9-2-3-10(24-9)8-4-5-17-19-8/h2-5,7H,6H2,1H3,(H,16,23)(H,17,19)(H2,18,20,21,22)/t7-/m1/s1. The van der Waals surface area contributed by atoms with Gasteiger partial charge in [0.25, 0.3) is 5.91 Å². The third kappa shape index (κ3) is 2.18. The maximum absolute atomic E-state index is 12.1. The first-order chi connectivity index (χ1) is 11.7. The molecule has 0 aliphatic carbocycles. The molecule has 4 rings (SSSR count). The van der Waals surface area contributed by atoms with Crippen molar-refractivity contribution < 1.29 is 14.0 Å². The summed E-state index contributed by atoms with van der Waals surface area (Å²) in [4.78, 5) is 24.0. The molecule has 1 aliphatic rings. The largest absolute Gasteiger partial charge is 0.459 e. The molecule has 1 atom stereocenters. The number of fused-ring (bicyclic) bond motifs is 1. The first-order valence-corrected chi connectivity index (χ1v) is 7.37. The van der Waals surface area contributed by atoms with Gasteiger partial charge in [0.05, 0.1) is 5.92 Å². The lowest BCUT2D eigenvalue weighted by molar-refractivity contribution is -0.116. The van der Waals surface area contributed by atoms with Crippen LogP contribution < -0.4 is 10.6 Å². The molecular formula is C15H14N6O3. The molecule has 0 spiro atoms. The van der Waals surface area contributed by atoms with Crippen molar-refractivity contribution in [3.63, 3.8) is 0 Å². The number of rotatable bonds is 3. The number of furan rings is 1. The molecule has 0 radical (unpaired) electrons. The molecule has 3 aromatic rings. The van der Waals surface area contributed by atoms with Gasteiger partial charge in [-0.2, -0.15) is 10.2 Å². The number of aromatic nitrogens is 4. The minimum atomic E-state index is -0.392. The molecule has 4 heterocycles. The Morgan fingerprint density at radius 2 is 2.21 bits per heavy atom. The zero-order valence-electron chi connectivity index (χ0n) is 12.7. The Labute approximate surface area is 135 Å². The van der Waals surface area contributed by atoms with Gasteiger partial charge in [-0.15, -0.1) is 0 Å². The van der Waals surface area contributed by atoms with E-state index in [9.17, 15) is 9.59 Å². The van der Waals surface area contributed by atoms with Crippen molar-refractivity contribution in [3.05, 3.63) is 41.4 Å². The number of nitrogens with zero attached hydrogens (tertiary/aromatic N) is 2. The van der Waals surface area contributed by atoms with Crippen molar-refractivity contribution in [1.82, 2.24) is 25.7 Å². The Hall–Kier alpha value is -3.36. The zero-order valence-corrected chi connectivity index (χ0v) is 12.7. The number of anilines is 1. The summed E-state index contributed by atoms with van der Waals surface area (Å²) in [6, 6.07) is 5.38. The van der Waals surface area contributed by atoms with Gasteiger partial charge in [0.2, 0.25) is 5.91 Å². The van der Waals surface area contributed by atoms with E-state index < -0.39 is 5.92 Å². The Morgan fingerprint density at radius 3 is 2.96 bits per heavy atom. The Kier molecular flexibility index (Phi) is 3.19. The number of aromatic amines is 2. The van der Waals surface area contributed by atoms with Crippen molar-refractivity contribution in [2.24, 2.45) is 0 Å². The van der Waals surface area contributed by atoms with Gasteiger partial charge >= 0.3 is 0 Å². The van der Waals surface area contributed by atoms with Crippen LogP contribution >= 0.6 is 0 Å². The number of nitrogens with one attached hydrogen (secondary N) is 4. The first kappa shape index (κ1) is 14.2. The minimum Gasteiger partial charge on any atom is -0.459 e. The van der Waals surface area contributed by atoms with E-state index >= 15 is 0 Å². The van der Waals surface area contributed by atoms with Crippen molar-refractivity contribution in [2.45, 2.75) is 12.3 Å². The predicted molar refractivity (Wildman–Crippen MR) is 83.4 cm³/mol. The minimum absolute atomic E-state index is 0.173. The van der Waals surface area contributed by atoms with Crippen LogP contribution in [0.5, 0.6) is 0 Å². The van der Waals surface area contributed by atoms with Crippen LogP contribution in [0.15, 0.2) is 28.8 Å². The van der Waals surface area contributed by atoms with E-state index in [0.717, 1.165) is 5.69 Å². The Morgan fingerprint density at radius 1 is 1.33 bits per heavy atom. The second-order valence-corrected chi connectivity index (χ2v) is 5.42. The van der Waals surface area contributed by atoms with Crippen LogP contribution in [0.3, 0.4) is 0 Å². The fourth-order valence-electron chi connectivity index (χ4n) is 2.87. The van der Waals surface area contributed by atoms with E-state index in [2.05, 4.69) is 31.0 Å². The van der Waals surface area contributed by atoms with E-state index in [-0.39, 0.29) is 18.2 Å². The fraction of sp³-hybridized carbons (Fsp3) is 0.200. The highest BCUT2D eigenvalue weighted by atomic mass is 16.3. The lowest BCUT2D eigenvalue weighted by Crippen LogP contribution is -2.26. The van der Waals surface area contributed by atoms with Crippen molar-refractivity contribution >= 4 is 17.6 Å². The fourth-order valence-corrected chi connectivity index (χ4v) is 2.87. The van der Waals surface area contributed by atoms with Gasteiger partial charge in [0, 0.05) is 25.2 Å². The van der Waals surface area contributed by atoms with Crippen LogP contribution in [0, 0.1) is 0 Å². The summed E-state index contributed by atoms with van der Waals surface area (Å²) >= 11 is 0. The predicted octanol–water partition coefficient (Wildman–Crippen LogP) is 1.23.